The van der Waals surface area contributed by atoms with E-state index in [-0.39, 0.29) is 11.6 Å². The third-order valence-corrected chi connectivity index (χ3v) is 2.26. The summed E-state index contributed by atoms with van der Waals surface area (Å²) < 4.78 is 31.9. The minimum absolute atomic E-state index is 0.0977. The highest BCUT2D eigenvalue weighted by Crippen LogP contribution is 2.17. The van der Waals surface area contributed by atoms with E-state index in [1.165, 1.54) is 6.07 Å². The standard InChI is InChI=1S/C12H18F2N4O/c1-2-19-8-4-7-16-12(18-15)17-11-9(13)5-3-6-10(11)14/h3,5-6H,2,4,7-8,15H2,1H3,(H2,16,17,18). The molecule has 0 aliphatic carbocycles. The van der Waals surface area contributed by atoms with Crippen molar-refractivity contribution in [2.24, 2.45) is 10.8 Å². The number of hydrogen-bond acceptors (Lipinski definition) is 3. The number of ether oxygens (including phenoxy) is 1. The second-order valence-electron chi connectivity index (χ2n) is 3.65. The van der Waals surface area contributed by atoms with E-state index in [0.717, 1.165) is 12.1 Å². The Morgan fingerprint density at radius 1 is 1.37 bits per heavy atom. The van der Waals surface area contributed by atoms with Gasteiger partial charge in [-0.25, -0.2) is 14.6 Å². The molecule has 0 unspecified atom stereocenters. The van der Waals surface area contributed by atoms with E-state index >= 15 is 0 Å². The lowest BCUT2D eigenvalue weighted by atomic mass is 10.3. The Labute approximate surface area is 110 Å². The van der Waals surface area contributed by atoms with Gasteiger partial charge in [-0.15, -0.1) is 0 Å². The van der Waals surface area contributed by atoms with E-state index < -0.39 is 11.6 Å². The summed E-state index contributed by atoms with van der Waals surface area (Å²) in [4.78, 5) is 4.05. The first kappa shape index (κ1) is 15.3. The highest BCUT2D eigenvalue weighted by atomic mass is 19.1. The smallest absolute Gasteiger partial charge is 0.210 e. The van der Waals surface area contributed by atoms with Crippen LogP contribution in [0.4, 0.5) is 14.5 Å². The molecule has 7 heteroatoms. The van der Waals surface area contributed by atoms with Crippen molar-refractivity contribution in [1.82, 2.24) is 5.43 Å². The Bertz CT molecular complexity index is 406. The van der Waals surface area contributed by atoms with Crippen molar-refractivity contribution in [2.45, 2.75) is 13.3 Å². The number of hydrogen-bond donors (Lipinski definition) is 3. The summed E-state index contributed by atoms with van der Waals surface area (Å²) in [7, 11) is 0. The topological polar surface area (TPSA) is 71.7 Å². The predicted molar refractivity (Wildman–Crippen MR) is 70.7 cm³/mol. The monoisotopic (exact) mass is 272 g/mol. The fourth-order valence-electron chi connectivity index (χ4n) is 1.36. The zero-order valence-electron chi connectivity index (χ0n) is 10.7. The molecule has 1 aromatic carbocycles. The van der Waals surface area contributed by atoms with Crippen molar-refractivity contribution >= 4 is 11.6 Å². The number of para-hydroxylation sites is 1. The highest BCUT2D eigenvalue weighted by Gasteiger charge is 2.09. The van der Waals surface area contributed by atoms with Crippen LogP contribution in [0.3, 0.4) is 0 Å². The van der Waals surface area contributed by atoms with Crippen molar-refractivity contribution < 1.29 is 13.5 Å². The molecule has 0 amide bonds. The molecule has 0 aliphatic rings. The average molecular weight is 272 g/mol. The zero-order valence-corrected chi connectivity index (χ0v) is 10.7. The van der Waals surface area contributed by atoms with Crippen LogP contribution in [0.1, 0.15) is 13.3 Å². The predicted octanol–water partition coefficient (Wildman–Crippen LogP) is 1.62. The van der Waals surface area contributed by atoms with Crippen LogP contribution < -0.4 is 16.6 Å². The quantitative estimate of drug-likeness (QED) is 0.242. The molecule has 0 fully saturated rings. The largest absolute Gasteiger partial charge is 0.382 e. The van der Waals surface area contributed by atoms with Gasteiger partial charge < -0.3 is 10.1 Å². The van der Waals surface area contributed by atoms with E-state index in [9.17, 15) is 8.78 Å². The van der Waals surface area contributed by atoms with Gasteiger partial charge in [-0.2, -0.15) is 0 Å². The van der Waals surface area contributed by atoms with Gasteiger partial charge in [0.05, 0.1) is 0 Å². The van der Waals surface area contributed by atoms with Gasteiger partial charge in [0.2, 0.25) is 5.96 Å². The molecule has 1 rings (SSSR count). The van der Waals surface area contributed by atoms with Crippen molar-refractivity contribution in [3.63, 3.8) is 0 Å². The maximum atomic E-state index is 13.4. The number of guanidine groups is 1. The Balaban J connectivity index is 2.58. The molecule has 106 valence electrons. The molecule has 0 saturated heterocycles. The third-order valence-electron chi connectivity index (χ3n) is 2.26. The molecule has 0 saturated carbocycles. The summed E-state index contributed by atoms with van der Waals surface area (Å²) in [6, 6.07) is 3.58. The molecule has 0 heterocycles. The lowest BCUT2D eigenvalue weighted by Gasteiger charge is -2.10. The van der Waals surface area contributed by atoms with Crippen molar-refractivity contribution in [3.05, 3.63) is 29.8 Å². The molecule has 0 spiro atoms. The number of benzene rings is 1. The first-order chi connectivity index (χ1) is 9.19. The van der Waals surface area contributed by atoms with Gasteiger partial charge in [-0.3, -0.25) is 10.4 Å². The minimum atomic E-state index is -0.711. The molecule has 0 aromatic heterocycles. The van der Waals surface area contributed by atoms with Gasteiger partial charge in [0.15, 0.2) is 0 Å². The molecule has 0 radical (unpaired) electrons. The normalized spacial score (nSPS) is 11.5. The van der Waals surface area contributed by atoms with E-state index in [1.807, 2.05) is 6.92 Å². The molecular formula is C12H18F2N4O. The Hall–Kier alpha value is -1.73. The van der Waals surface area contributed by atoms with E-state index in [4.69, 9.17) is 10.6 Å². The van der Waals surface area contributed by atoms with Gasteiger partial charge in [-0.05, 0) is 25.5 Å². The fraction of sp³-hybridized carbons (Fsp3) is 0.417. The van der Waals surface area contributed by atoms with Crippen molar-refractivity contribution in [2.75, 3.05) is 25.1 Å². The number of rotatable bonds is 6. The van der Waals surface area contributed by atoms with Crippen LogP contribution in [0, 0.1) is 11.6 Å². The molecule has 1 aromatic rings. The molecule has 0 bridgehead atoms. The fourth-order valence-corrected chi connectivity index (χ4v) is 1.36. The zero-order chi connectivity index (χ0) is 14.1. The third kappa shape index (κ3) is 5.19. The second kappa shape index (κ2) is 8.39. The molecule has 5 nitrogen and oxygen atoms in total. The summed E-state index contributed by atoms with van der Waals surface area (Å²) in [5.41, 5.74) is 1.97. The average Bonchev–Trinajstić information content (AvgIpc) is 2.40. The van der Waals surface area contributed by atoms with Gasteiger partial charge in [0.25, 0.3) is 0 Å². The van der Waals surface area contributed by atoms with Crippen LogP contribution in [0.25, 0.3) is 0 Å². The van der Waals surface area contributed by atoms with Crippen LogP contribution in [0.5, 0.6) is 0 Å². The molecule has 19 heavy (non-hydrogen) atoms. The van der Waals surface area contributed by atoms with Crippen LogP contribution in [0.2, 0.25) is 0 Å². The first-order valence-corrected chi connectivity index (χ1v) is 5.98. The maximum absolute atomic E-state index is 13.4. The lowest BCUT2D eigenvalue weighted by molar-refractivity contribution is 0.146. The maximum Gasteiger partial charge on any atom is 0.210 e. The highest BCUT2D eigenvalue weighted by molar-refractivity contribution is 5.93. The van der Waals surface area contributed by atoms with Crippen LogP contribution in [-0.4, -0.2) is 25.7 Å². The van der Waals surface area contributed by atoms with Gasteiger partial charge >= 0.3 is 0 Å². The van der Waals surface area contributed by atoms with Crippen LogP contribution >= 0.6 is 0 Å². The Kier molecular flexibility index (Phi) is 6.76. The van der Waals surface area contributed by atoms with Gasteiger partial charge in [-0.1, -0.05) is 6.07 Å². The number of hydrazine groups is 1. The molecule has 0 aliphatic heterocycles. The summed E-state index contributed by atoms with van der Waals surface area (Å²) in [6.45, 7) is 3.55. The van der Waals surface area contributed by atoms with E-state index in [0.29, 0.717) is 26.2 Å². The number of nitrogens with zero attached hydrogens (tertiary/aromatic N) is 1. The number of anilines is 1. The van der Waals surface area contributed by atoms with Gasteiger partial charge in [0.1, 0.15) is 17.3 Å². The number of aliphatic imine (C=N–C) groups is 1. The summed E-state index contributed by atoms with van der Waals surface area (Å²) in [5, 5.41) is 2.48. The SMILES string of the molecule is CCOCCCN=C(NN)Nc1c(F)cccc1F. The van der Waals surface area contributed by atoms with Crippen molar-refractivity contribution in [3.8, 4) is 0 Å². The molecule has 0 atom stereocenters. The Morgan fingerprint density at radius 3 is 2.63 bits per heavy atom. The Morgan fingerprint density at radius 2 is 2.05 bits per heavy atom. The van der Waals surface area contributed by atoms with Gasteiger partial charge in [0, 0.05) is 19.8 Å². The van der Waals surface area contributed by atoms with Crippen molar-refractivity contribution in [1.29, 1.82) is 0 Å². The lowest BCUT2D eigenvalue weighted by Crippen LogP contribution is -2.37. The first-order valence-electron chi connectivity index (χ1n) is 5.98. The summed E-state index contributed by atoms with van der Waals surface area (Å²) in [5.74, 6) is 3.92. The van der Waals surface area contributed by atoms with E-state index in [1.54, 1.807) is 0 Å². The van der Waals surface area contributed by atoms with Crippen LogP contribution in [-0.2, 0) is 4.74 Å². The number of nitrogens with one attached hydrogen (secondary N) is 2. The minimum Gasteiger partial charge on any atom is -0.382 e. The second-order valence-corrected chi connectivity index (χ2v) is 3.65. The molecule has 4 N–H and O–H groups in total. The summed E-state index contributed by atoms with van der Waals surface area (Å²) in [6.07, 6.45) is 0.695. The van der Waals surface area contributed by atoms with Crippen LogP contribution in [0.15, 0.2) is 23.2 Å². The molecular weight excluding hydrogens is 254 g/mol. The summed E-state index contributed by atoms with van der Waals surface area (Å²) >= 11 is 0. The van der Waals surface area contributed by atoms with E-state index in [2.05, 4.69) is 15.7 Å². The number of nitrogens with two attached hydrogens (primary N) is 1. The number of halogens is 2.